The van der Waals surface area contributed by atoms with E-state index in [2.05, 4.69) is 4.98 Å². The quantitative estimate of drug-likeness (QED) is 0.450. The lowest BCUT2D eigenvalue weighted by Gasteiger charge is -2.39. The van der Waals surface area contributed by atoms with Crippen molar-refractivity contribution in [1.29, 1.82) is 0 Å². The zero-order valence-electron chi connectivity index (χ0n) is 17.8. The number of ether oxygens (including phenoxy) is 1. The van der Waals surface area contributed by atoms with Crippen LogP contribution in [0.5, 0.6) is 5.88 Å². The Kier molecular flexibility index (Phi) is 7.07. The van der Waals surface area contributed by atoms with Gasteiger partial charge in [0, 0.05) is 17.6 Å². The molecule has 0 saturated carbocycles. The molecule has 0 bridgehead atoms. The Labute approximate surface area is 211 Å². The highest BCUT2D eigenvalue weighted by molar-refractivity contribution is 7.92. The summed E-state index contributed by atoms with van der Waals surface area (Å²) >= 11 is 18.3. The average Bonchev–Trinajstić information content (AvgIpc) is 2.78. The summed E-state index contributed by atoms with van der Waals surface area (Å²) in [6.45, 7) is 1.20. The number of carbonyl (C=O) groups excluding carboxylic acids is 1. The lowest BCUT2D eigenvalue weighted by molar-refractivity contribution is 0.0879. The summed E-state index contributed by atoms with van der Waals surface area (Å²) in [6.07, 6.45) is 0.450. The molecule has 34 heavy (non-hydrogen) atoms. The predicted molar refractivity (Wildman–Crippen MR) is 131 cm³/mol. The summed E-state index contributed by atoms with van der Waals surface area (Å²) in [5.41, 5.74) is 0.758. The number of fused-ring (bicyclic) bond motifs is 1. The Balaban J connectivity index is 1.77. The SMILES string of the molecule is C[C@H]1[C@H](CO)Oc2ncc(CC(=O)c3c(Cl)cccc3Cl)cc2N1S(=O)(=O)c1cccc(Cl)c1. The van der Waals surface area contributed by atoms with E-state index >= 15 is 0 Å². The van der Waals surface area contributed by atoms with Gasteiger partial charge >= 0.3 is 0 Å². The molecule has 0 fully saturated rings. The van der Waals surface area contributed by atoms with Gasteiger partial charge in [0.1, 0.15) is 11.8 Å². The van der Waals surface area contributed by atoms with Gasteiger partial charge in [-0.2, -0.15) is 0 Å². The van der Waals surface area contributed by atoms with E-state index in [-0.39, 0.29) is 49.3 Å². The maximum Gasteiger partial charge on any atom is 0.264 e. The van der Waals surface area contributed by atoms with E-state index in [1.165, 1.54) is 30.5 Å². The van der Waals surface area contributed by atoms with Gasteiger partial charge in [-0.15, -0.1) is 0 Å². The Morgan fingerprint density at radius 3 is 2.44 bits per heavy atom. The van der Waals surface area contributed by atoms with Gasteiger partial charge < -0.3 is 9.84 Å². The van der Waals surface area contributed by atoms with Crippen molar-refractivity contribution in [2.45, 2.75) is 30.4 Å². The molecule has 4 rings (SSSR count). The number of nitrogens with zero attached hydrogens (tertiary/aromatic N) is 2. The standard InChI is InChI=1S/C23H19Cl3N2O5S/c1-13-21(12-29)33-23-19(28(13)34(31,32)16-5-2-4-15(24)10-16)8-14(11-27-23)9-20(30)22-17(25)6-3-7-18(22)26/h2-8,10-11,13,21,29H,9,12H2,1H3/t13-,21-/m0/s1. The van der Waals surface area contributed by atoms with E-state index in [9.17, 15) is 18.3 Å². The zero-order valence-corrected chi connectivity index (χ0v) is 20.9. The largest absolute Gasteiger partial charge is 0.468 e. The third-order valence-electron chi connectivity index (χ3n) is 5.44. The second-order valence-electron chi connectivity index (χ2n) is 7.70. The van der Waals surface area contributed by atoms with E-state index in [0.29, 0.717) is 5.56 Å². The molecule has 11 heteroatoms. The number of ketones is 1. The van der Waals surface area contributed by atoms with E-state index in [0.717, 1.165) is 4.31 Å². The van der Waals surface area contributed by atoms with Crippen molar-refractivity contribution in [1.82, 2.24) is 4.98 Å². The zero-order chi connectivity index (χ0) is 24.6. The van der Waals surface area contributed by atoms with Gasteiger partial charge in [0.25, 0.3) is 10.0 Å². The third-order valence-corrected chi connectivity index (χ3v) is 8.20. The molecule has 0 unspecified atom stereocenters. The van der Waals surface area contributed by atoms with Crippen molar-refractivity contribution in [3.05, 3.63) is 80.9 Å². The molecule has 3 aromatic rings. The second kappa shape index (κ2) is 9.71. The summed E-state index contributed by atoms with van der Waals surface area (Å²) in [6, 6.07) is 11.4. The fraction of sp³-hybridized carbons (Fsp3) is 0.217. The van der Waals surface area contributed by atoms with E-state index in [1.807, 2.05) is 0 Å². The minimum absolute atomic E-state index is 0.0229. The molecule has 178 valence electrons. The molecule has 0 amide bonds. The first-order chi connectivity index (χ1) is 16.1. The fourth-order valence-electron chi connectivity index (χ4n) is 3.76. The average molecular weight is 542 g/mol. The van der Waals surface area contributed by atoms with Crippen LogP contribution in [0.25, 0.3) is 0 Å². The van der Waals surface area contributed by atoms with Crippen LogP contribution in [0.15, 0.2) is 59.6 Å². The van der Waals surface area contributed by atoms with Gasteiger partial charge in [0.05, 0.1) is 33.2 Å². The summed E-state index contributed by atoms with van der Waals surface area (Å²) in [5, 5.41) is 10.5. The van der Waals surface area contributed by atoms with Crippen LogP contribution < -0.4 is 9.04 Å². The number of carbonyl (C=O) groups is 1. The molecule has 0 radical (unpaired) electrons. The van der Waals surface area contributed by atoms with E-state index < -0.39 is 28.8 Å². The Hall–Kier alpha value is -2.36. The number of aliphatic hydroxyl groups is 1. The highest BCUT2D eigenvalue weighted by Crippen LogP contribution is 2.39. The van der Waals surface area contributed by atoms with Crippen LogP contribution in [0.2, 0.25) is 15.1 Å². The topological polar surface area (TPSA) is 96.8 Å². The van der Waals surface area contributed by atoms with E-state index in [4.69, 9.17) is 39.5 Å². The first-order valence-corrected chi connectivity index (χ1v) is 12.7. The van der Waals surface area contributed by atoms with Crippen LogP contribution in [-0.2, 0) is 16.4 Å². The number of benzene rings is 2. The number of Topliss-reactive ketones (excluding diaryl/α,β-unsaturated/α-hetero) is 1. The number of anilines is 1. The molecular formula is C23H19Cl3N2O5S. The summed E-state index contributed by atoms with van der Waals surface area (Å²) in [7, 11) is -4.11. The second-order valence-corrected chi connectivity index (χ2v) is 10.8. The molecule has 1 aromatic heterocycles. The minimum Gasteiger partial charge on any atom is -0.468 e. The van der Waals surface area contributed by atoms with Gasteiger partial charge in [-0.1, -0.05) is 46.9 Å². The van der Waals surface area contributed by atoms with Crippen LogP contribution in [-0.4, -0.2) is 43.0 Å². The normalized spacial score (nSPS) is 17.7. The number of aromatic nitrogens is 1. The molecule has 1 aliphatic rings. The molecule has 2 aromatic carbocycles. The van der Waals surface area contributed by atoms with Crippen LogP contribution in [0.4, 0.5) is 5.69 Å². The molecule has 2 atom stereocenters. The van der Waals surface area contributed by atoms with Crippen molar-refractivity contribution in [3.8, 4) is 5.88 Å². The van der Waals surface area contributed by atoms with Gasteiger partial charge in [-0.25, -0.2) is 13.4 Å². The molecule has 0 aliphatic carbocycles. The fourth-order valence-corrected chi connectivity index (χ4v) is 6.34. The van der Waals surface area contributed by atoms with Crippen molar-refractivity contribution in [2.24, 2.45) is 0 Å². The molecule has 0 spiro atoms. The maximum atomic E-state index is 13.6. The summed E-state index contributed by atoms with van der Waals surface area (Å²) in [4.78, 5) is 17.1. The molecule has 0 saturated heterocycles. The Morgan fingerprint density at radius 2 is 1.79 bits per heavy atom. The number of sulfonamides is 1. The van der Waals surface area contributed by atoms with Crippen LogP contribution in [0, 0.1) is 0 Å². The van der Waals surface area contributed by atoms with Gasteiger partial charge in [-0.05, 0) is 48.9 Å². The molecule has 2 heterocycles. The lowest BCUT2D eigenvalue weighted by atomic mass is 10.0. The van der Waals surface area contributed by atoms with Crippen LogP contribution in [0.1, 0.15) is 22.8 Å². The van der Waals surface area contributed by atoms with Gasteiger partial charge in [0.2, 0.25) is 5.88 Å². The third kappa shape index (κ3) is 4.61. The number of aliphatic hydroxyl groups excluding tert-OH is 1. The number of rotatable bonds is 6. The smallest absolute Gasteiger partial charge is 0.264 e. The van der Waals surface area contributed by atoms with Crippen molar-refractivity contribution in [2.75, 3.05) is 10.9 Å². The monoisotopic (exact) mass is 540 g/mol. The van der Waals surface area contributed by atoms with Crippen LogP contribution in [0.3, 0.4) is 0 Å². The Morgan fingerprint density at radius 1 is 1.12 bits per heavy atom. The summed E-state index contributed by atoms with van der Waals surface area (Å²) in [5.74, 6) is -0.325. The minimum atomic E-state index is -4.11. The maximum absolute atomic E-state index is 13.6. The number of halogens is 3. The number of hydrogen-bond donors (Lipinski definition) is 1. The lowest BCUT2D eigenvalue weighted by Crippen LogP contribution is -2.52. The van der Waals surface area contributed by atoms with Crippen molar-refractivity contribution < 1.29 is 23.1 Å². The Bertz CT molecular complexity index is 1350. The molecule has 1 N–H and O–H groups in total. The van der Waals surface area contributed by atoms with E-state index in [1.54, 1.807) is 31.2 Å². The summed E-state index contributed by atoms with van der Waals surface area (Å²) < 4.78 is 34.1. The number of pyridine rings is 1. The molecule has 1 aliphatic heterocycles. The first-order valence-electron chi connectivity index (χ1n) is 10.2. The highest BCUT2D eigenvalue weighted by atomic mass is 35.5. The molecule has 7 nitrogen and oxygen atoms in total. The number of hydrogen-bond acceptors (Lipinski definition) is 6. The predicted octanol–water partition coefficient (Wildman–Crippen LogP) is 4.80. The van der Waals surface area contributed by atoms with Crippen molar-refractivity contribution >= 4 is 56.3 Å². The van der Waals surface area contributed by atoms with Crippen LogP contribution >= 0.6 is 34.8 Å². The first kappa shape index (κ1) is 24.8. The van der Waals surface area contributed by atoms with Crippen molar-refractivity contribution in [3.63, 3.8) is 0 Å². The highest BCUT2D eigenvalue weighted by Gasteiger charge is 2.41. The van der Waals surface area contributed by atoms with Gasteiger partial charge in [0.15, 0.2) is 5.78 Å². The molecular weight excluding hydrogens is 523 g/mol. The van der Waals surface area contributed by atoms with Gasteiger partial charge in [-0.3, -0.25) is 9.10 Å².